The third kappa shape index (κ3) is 3.82. The number of rotatable bonds is 6. The van der Waals surface area contributed by atoms with Gasteiger partial charge in [-0.15, -0.1) is 0 Å². The molecule has 21 heavy (non-hydrogen) atoms. The lowest BCUT2D eigenvalue weighted by Crippen LogP contribution is -2.19. The molecule has 6 heteroatoms. The van der Waals surface area contributed by atoms with Crippen LogP contribution in [0.5, 0.6) is 11.8 Å². The predicted molar refractivity (Wildman–Crippen MR) is 81.6 cm³/mol. The molecule has 1 heterocycles. The topological polar surface area (TPSA) is 73.5 Å². The number of ether oxygens (including phenoxy) is 2. The Labute approximate surface area is 124 Å². The summed E-state index contributed by atoms with van der Waals surface area (Å²) in [4.78, 5) is 10.6. The van der Waals surface area contributed by atoms with Crippen molar-refractivity contribution in [3.63, 3.8) is 0 Å². The molecule has 0 unspecified atom stereocenters. The minimum atomic E-state index is 0.474. The fraction of sp³-hybridized carbons (Fsp3) is 0.333. The molecule has 0 spiro atoms. The molecule has 0 saturated heterocycles. The minimum Gasteiger partial charge on any atom is -0.481 e. The van der Waals surface area contributed by atoms with E-state index in [4.69, 9.17) is 15.2 Å². The van der Waals surface area contributed by atoms with Gasteiger partial charge in [0.25, 0.3) is 0 Å². The number of anilines is 1. The first kappa shape index (κ1) is 15.1. The Balaban J connectivity index is 2.16. The third-order valence-corrected chi connectivity index (χ3v) is 3.11. The highest BCUT2D eigenvalue weighted by Crippen LogP contribution is 2.20. The van der Waals surface area contributed by atoms with Crippen LogP contribution in [0, 0.1) is 0 Å². The van der Waals surface area contributed by atoms with Crippen LogP contribution in [-0.4, -0.2) is 31.2 Å². The Morgan fingerprint density at radius 3 is 2.00 bits per heavy atom. The Morgan fingerprint density at radius 2 is 1.52 bits per heavy atom. The van der Waals surface area contributed by atoms with E-state index in [2.05, 4.69) is 22.1 Å². The zero-order chi connectivity index (χ0) is 15.2. The van der Waals surface area contributed by atoms with Crippen molar-refractivity contribution in [2.75, 3.05) is 26.2 Å². The van der Waals surface area contributed by atoms with Gasteiger partial charge in [0, 0.05) is 20.1 Å². The highest BCUT2D eigenvalue weighted by atomic mass is 16.5. The van der Waals surface area contributed by atoms with Crippen molar-refractivity contribution in [3.8, 4) is 11.8 Å². The van der Waals surface area contributed by atoms with Gasteiger partial charge in [0.05, 0.1) is 20.3 Å². The van der Waals surface area contributed by atoms with E-state index in [0.717, 1.165) is 11.1 Å². The number of nitrogens with two attached hydrogens (primary N) is 1. The smallest absolute Gasteiger partial charge is 0.232 e. The molecule has 0 aliphatic heterocycles. The van der Waals surface area contributed by atoms with Crippen LogP contribution in [0.4, 0.5) is 5.95 Å². The molecule has 112 valence electrons. The van der Waals surface area contributed by atoms with Gasteiger partial charge in [-0.1, -0.05) is 24.3 Å². The van der Waals surface area contributed by atoms with Crippen LogP contribution in [0.15, 0.2) is 30.3 Å². The molecule has 1 aromatic carbocycles. The first-order valence-corrected chi connectivity index (χ1v) is 6.62. The van der Waals surface area contributed by atoms with Crippen molar-refractivity contribution < 1.29 is 9.47 Å². The van der Waals surface area contributed by atoms with Crippen molar-refractivity contribution in [1.82, 2.24) is 9.97 Å². The SMILES string of the molecule is COc1cc(OC)nc(N(C)Cc2ccc(CN)cc2)n1. The van der Waals surface area contributed by atoms with Gasteiger partial charge in [-0.3, -0.25) is 0 Å². The minimum absolute atomic E-state index is 0.474. The third-order valence-electron chi connectivity index (χ3n) is 3.11. The van der Waals surface area contributed by atoms with Gasteiger partial charge < -0.3 is 20.1 Å². The zero-order valence-electron chi connectivity index (χ0n) is 12.5. The van der Waals surface area contributed by atoms with Crippen molar-refractivity contribution in [2.24, 2.45) is 5.73 Å². The molecule has 0 radical (unpaired) electrons. The van der Waals surface area contributed by atoms with E-state index in [1.54, 1.807) is 20.3 Å². The van der Waals surface area contributed by atoms with Gasteiger partial charge in [-0.25, -0.2) is 0 Å². The maximum absolute atomic E-state index is 5.60. The van der Waals surface area contributed by atoms with Gasteiger partial charge >= 0.3 is 0 Å². The molecule has 0 saturated carbocycles. The predicted octanol–water partition coefficient (Wildman–Crippen LogP) is 1.59. The highest BCUT2D eigenvalue weighted by molar-refractivity contribution is 5.37. The number of hydrogen-bond donors (Lipinski definition) is 1. The Bertz CT molecular complexity index is 564. The summed E-state index contributed by atoms with van der Waals surface area (Å²) in [5.74, 6) is 1.50. The number of hydrogen-bond acceptors (Lipinski definition) is 6. The van der Waals surface area contributed by atoms with Gasteiger partial charge in [-0.05, 0) is 11.1 Å². The summed E-state index contributed by atoms with van der Waals surface area (Å²) in [6, 6.07) is 9.80. The first-order valence-electron chi connectivity index (χ1n) is 6.62. The normalized spacial score (nSPS) is 10.3. The molecule has 2 rings (SSSR count). The second kappa shape index (κ2) is 6.90. The van der Waals surface area contributed by atoms with E-state index < -0.39 is 0 Å². The maximum atomic E-state index is 5.60. The molecule has 0 amide bonds. The van der Waals surface area contributed by atoms with E-state index in [9.17, 15) is 0 Å². The lowest BCUT2D eigenvalue weighted by molar-refractivity contribution is 0.372. The number of aromatic nitrogens is 2. The summed E-state index contributed by atoms with van der Waals surface area (Å²) in [6.45, 7) is 1.23. The lowest BCUT2D eigenvalue weighted by atomic mass is 10.1. The monoisotopic (exact) mass is 288 g/mol. The standard InChI is InChI=1S/C15H20N4O2/c1-19(10-12-6-4-11(9-16)5-7-12)15-17-13(20-2)8-14(18-15)21-3/h4-8H,9-10,16H2,1-3H3. The molecule has 0 aliphatic carbocycles. The summed E-state index contributed by atoms with van der Waals surface area (Å²) in [7, 11) is 5.05. The molecule has 1 aromatic heterocycles. The van der Waals surface area contributed by atoms with Crippen LogP contribution >= 0.6 is 0 Å². The Kier molecular flexibility index (Phi) is 4.94. The lowest BCUT2D eigenvalue weighted by Gasteiger charge is -2.18. The fourth-order valence-electron chi connectivity index (χ4n) is 1.90. The summed E-state index contributed by atoms with van der Waals surface area (Å²) >= 11 is 0. The number of nitrogens with zero attached hydrogens (tertiary/aromatic N) is 3. The summed E-state index contributed by atoms with van der Waals surface area (Å²) in [5, 5.41) is 0. The average Bonchev–Trinajstić information content (AvgIpc) is 2.54. The summed E-state index contributed by atoms with van der Waals surface area (Å²) in [6.07, 6.45) is 0. The molecule has 2 aromatic rings. The summed E-state index contributed by atoms with van der Waals surface area (Å²) in [5.41, 5.74) is 7.86. The molecular formula is C15H20N4O2. The second-order valence-corrected chi connectivity index (χ2v) is 4.63. The Hall–Kier alpha value is -2.34. The Morgan fingerprint density at radius 1 is 1.00 bits per heavy atom. The number of methoxy groups -OCH3 is 2. The van der Waals surface area contributed by atoms with Gasteiger partial charge in [0.2, 0.25) is 17.7 Å². The largest absolute Gasteiger partial charge is 0.481 e. The molecule has 0 bridgehead atoms. The van der Waals surface area contributed by atoms with E-state index in [1.807, 2.05) is 24.1 Å². The number of benzene rings is 1. The molecular weight excluding hydrogens is 268 g/mol. The fourth-order valence-corrected chi connectivity index (χ4v) is 1.90. The highest BCUT2D eigenvalue weighted by Gasteiger charge is 2.10. The van der Waals surface area contributed by atoms with Crippen molar-refractivity contribution in [3.05, 3.63) is 41.5 Å². The van der Waals surface area contributed by atoms with Crippen LogP contribution < -0.4 is 20.1 Å². The van der Waals surface area contributed by atoms with Crippen LogP contribution in [0.2, 0.25) is 0 Å². The van der Waals surface area contributed by atoms with E-state index in [1.165, 1.54) is 0 Å². The van der Waals surface area contributed by atoms with Crippen molar-refractivity contribution >= 4 is 5.95 Å². The maximum Gasteiger partial charge on any atom is 0.232 e. The molecule has 6 nitrogen and oxygen atoms in total. The van der Waals surface area contributed by atoms with Crippen LogP contribution in [0.1, 0.15) is 11.1 Å². The quantitative estimate of drug-likeness (QED) is 0.870. The average molecular weight is 288 g/mol. The van der Waals surface area contributed by atoms with Gasteiger partial charge in [-0.2, -0.15) is 9.97 Å². The first-order chi connectivity index (χ1) is 10.2. The molecule has 2 N–H and O–H groups in total. The van der Waals surface area contributed by atoms with Gasteiger partial charge in [0.15, 0.2) is 0 Å². The van der Waals surface area contributed by atoms with Crippen LogP contribution in [0.3, 0.4) is 0 Å². The van der Waals surface area contributed by atoms with Crippen LogP contribution in [-0.2, 0) is 13.1 Å². The summed E-state index contributed by atoms with van der Waals surface area (Å²) < 4.78 is 10.3. The van der Waals surface area contributed by atoms with E-state index >= 15 is 0 Å². The molecule has 0 fully saturated rings. The second-order valence-electron chi connectivity index (χ2n) is 4.63. The molecule has 0 aliphatic rings. The van der Waals surface area contributed by atoms with Crippen molar-refractivity contribution in [1.29, 1.82) is 0 Å². The molecule has 0 atom stereocenters. The van der Waals surface area contributed by atoms with Gasteiger partial charge in [0.1, 0.15) is 0 Å². The van der Waals surface area contributed by atoms with E-state index in [0.29, 0.717) is 30.8 Å². The zero-order valence-corrected chi connectivity index (χ0v) is 12.5. The van der Waals surface area contributed by atoms with Crippen molar-refractivity contribution in [2.45, 2.75) is 13.1 Å². The van der Waals surface area contributed by atoms with Crippen LogP contribution in [0.25, 0.3) is 0 Å². The van der Waals surface area contributed by atoms with E-state index in [-0.39, 0.29) is 0 Å².